The molecule has 2 rings (SSSR count). The van der Waals surface area contributed by atoms with Crippen LogP contribution in [-0.4, -0.2) is 91.4 Å². The summed E-state index contributed by atoms with van der Waals surface area (Å²) in [6, 6.07) is 3.60. The highest BCUT2D eigenvalue weighted by Gasteiger charge is 2.36. The standard InChI is InChI=1S/C25H44N2O8SSi2/c1-9-34-25(29)23(35-36(2,30)31)21-11-13-27(19-33-15-17-38(6,7)8)24(28)22-20(21)10-12-26(22)18-32-14-16-37(3,4)5/h10-12,23H,9,13-19H2,1-8H3. The fourth-order valence-corrected chi connectivity index (χ4v) is 5.71. The molecule has 1 unspecified atom stereocenters. The number of aromatic nitrogens is 1. The van der Waals surface area contributed by atoms with E-state index in [1.165, 1.54) is 4.90 Å². The Bertz CT molecular complexity index is 1100. The number of ether oxygens (including phenoxy) is 3. The molecule has 0 saturated heterocycles. The van der Waals surface area contributed by atoms with Crippen molar-refractivity contribution in [1.29, 1.82) is 0 Å². The van der Waals surface area contributed by atoms with Gasteiger partial charge in [-0.05, 0) is 25.1 Å². The van der Waals surface area contributed by atoms with Gasteiger partial charge in [0.15, 0.2) is 6.10 Å². The van der Waals surface area contributed by atoms with Crippen LogP contribution in [-0.2, 0) is 40.0 Å². The first-order valence-electron chi connectivity index (χ1n) is 12.9. The third-order valence-corrected chi connectivity index (χ3v) is 9.77. The van der Waals surface area contributed by atoms with E-state index in [0.717, 1.165) is 18.3 Å². The molecular weight excluding hydrogens is 545 g/mol. The molecule has 2 heterocycles. The average Bonchev–Trinajstić information content (AvgIpc) is 3.12. The van der Waals surface area contributed by atoms with Crippen molar-refractivity contribution in [2.24, 2.45) is 0 Å². The molecule has 1 aromatic rings. The molecule has 0 radical (unpaired) electrons. The highest BCUT2D eigenvalue weighted by molar-refractivity contribution is 7.86. The van der Waals surface area contributed by atoms with Gasteiger partial charge in [0.05, 0.1) is 12.9 Å². The average molecular weight is 589 g/mol. The maximum absolute atomic E-state index is 13.7. The molecule has 0 aliphatic carbocycles. The van der Waals surface area contributed by atoms with Gasteiger partial charge >= 0.3 is 5.97 Å². The first-order chi connectivity index (χ1) is 17.5. The number of hydrogen-bond donors (Lipinski definition) is 0. The molecule has 38 heavy (non-hydrogen) atoms. The minimum atomic E-state index is -4.02. The van der Waals surface area contributed by atoms with Gasteiger partial charge < -0.3 is 23.7 Å². The predicted octanol–water partition coefficient (Wildman–Crippen LogP) is 3.86. The quantitative estimate of drug-likeness (QED) is 0.131. The highest BCUT2D eigenvalue weighted by Crippen LogP contribution is 2.31. The van der Waals surface area contributed by atoms with Gasteiger partial charge in [0.1, 0.15) is 19.2 Å². The van der Waals surface area contributed by atoms with E-state index in [-0.39, 0.29) is 43.8 Å². The van der Waals surface area contributed by atoms with Gasteiger partial charge in [-0.15, -0.1) is 0 Å². The van der Waals surface area contributed by atoms with E-state index in [2.05, 4.69) is 39.3 Å². The van der Waals surface area contributed by atoms with Crippen LogP contribution >= 0.6 is 0 Å². The van der Waals surface area contributed by atoms with Crippen molar-refractivity contribution in [3.63, 3.8) is 0 Å². The summed E-state index contributed by atoms with van der Waals surface area (Å²) in [6.07, 6.45) is 2.66. The minimum absolute atomic E-state index is 0.0462. The maximum atomic E-state index is 13.7. The summed E-state index contributed by atoms with van der Waals surface area (Å²) in [5.74, 6) is -1.15. The Morgan fingerprint density at radius 1 is 1.03 bits per heavy atom. The van der Waals surface area contributed by atoms with E-state index < -0.39 is 38.3 Å². The van der Waals surface area contributed by atoms with Crippen LogP contribution in [0, 0.1) is 0 Å². The number of rotatable bonds is 15. The monoisotopic (exact) mass is 588 g/mol. The Morgan fingerprint density at radius 2 is 1.61 bits per heavy atom. The zero-order chi connectivity index (χ0) is 28.7. The van der Waals surface area contributed by atoms with Gasteiger partial charge in [-0.3, -0.25) is 8.98 Å². The van der Waals surface area contributed by atoms with Crippen LogP contribution < -0.4 is 0 Å². The van der Waals surface area contributed by atoms with E-state index >= 15 is 0 Å². The number of fused-ring (bicyclic) bond motifs is 1. The van der Waals surface area contributed by atoms with E-state index in [9.17, 15) is 18.0 Å². The summed E-state index contributed by atoms with van der Waals surface area (Å²) in [5, 5.41) is 0. The molecule has 1 aromatic heterocycles. The first-order valence-corrected chi connectivity index (χ1v) is 22.1. The molecule has 0 bridgehead atoms. The second kappa shape index (κ2) is 13.5. The Balaban J connectivity index is 2.42. The van der Waals surface area contributed by atoms with Crippen molar-refractivity contribution < 1.29 is 36.4 Å². The zero-order valence-corrected chi connectivity index (χ0v) is 26.9. The summed E-state index contributed by atoms with van der Waals surface area (Å²) >= 11 is 0. The lowest BCUT2D eigenvalue weighted by Gasteiger charge is -2.23. The number of esters is 1. The molecule has 1 amide bonds. The predicted molar refractivity (Wildman–Crippen MR) is 153 cm³/mol. The van der Waals surface area contributed by atoms with Gasteiger partial charge in [-0.25, -0.2) is 4.79 Å². The smallest absolute Gasteiger partial charge is 0.341 e. The van der Waals surface area contributed by atoms with Gasteiger partial charge in [0.25, 0.3) is 16.0 Å². The fourth-order valence-electron chi connectivity index (χ4n) is 3.67. The molecule has 13 heteroatoms. The van der Waals surface area contributed by atoms with Gasteiger partial charge in [0, 0.05) is 53.2 Å². The van der Waals surface area contributed by atoms with Crippen LogP contribution in [0.4, 0.5) is 0 Å². The van der Waals surface area contributed by atoms with Crippen LogP contribution in [0.5, 0.6) is 0 Å². The maximum Gasteiger partial charge on any atom is 0.341 e. The van der Waals surface area contributed by atoms with Crippen LogP contribution in [0.25, 0.3) is 5.57 Å². The number of hydrogen-bond acceptors (Lipinski definition) is 8. The molecular formula is C25H44N2O8SSi2. The van der Waals surface area contributed by atoms with Crippen LogP contribution in [0.15, 0.2) is 18.3 Å². The van der Waals surface area contributed by atoms with Gasteiger partial charge in [-0.2, -0.15) is 8.42 Å². The normalized spacial score (nSPS) is 15.6. The Labute approximate surface area is 229 Å². The van der Waals surface area contributed by atoms with Crippen molar-refractivity contribution in [2.45, 2.75) is 71.1 Å². The molecule has 10 nitrogen and oxygen atoms in total. The Kier molecular flexibility index (Phi) is 11.5. The number of nitrogens with zero attached hydrogens (tertiary/aromatic N) is 2. The fraction of sp³-hybridized carbons (Fsp3) is 0.680. The third kappa shape index (κ3) is 10.4. The van der Waals surface area contributed by atoms with Crippen molar-refractivity contribution in [1.82, 2.24) is 9.47 Å². The molecule has 0 saturated carbocycles. The number of carbonyl (C=O) groups excluding carboxylic acids is 2. The molecule has 0 aromatic carbocycles. The summed E-state index contributed by atoms with van der Waals surface area (Å²) in [5.41, 5.74) is 0.930. The van der Waals surface area contributed by atoms with Crippen LogP contribution in [0.3, 0.4) is 0 Å². The SMILES string of the molecule is CCOC(=O)C(OS(C)(=O)=O)C1=CCN(COCC[Si](C)(C)C)C(=O)c2c1ccn2COCC[Si](C)(C)C. The lowest BCUT2D eigenvalue weighted by molar-refractivity contribution is -0.148. The number of carbonyl (C=O) groups is 2. The van der Waals surface area contributed by atoms with Crippen molar-refractivity contribution in [3.05, 3.63) is 29.6 Å². The molecule has 216 valence electrons. The van der Waals surface area contributed by atoms with Crippen LogP contribution in [0.2, 0.25) is 51.4 Å². The van der Waals surface area contributed by atoms with E-state index in [1.807, 2.05) is 0 Å². The number of amides is 1. The second-order valence-electron chi connectivity index (χ2n) is 11.9. The lowest BCUT2D eigenvalue weighted by Crippen LogP contribution is -2.35. The summed E-state index contributed by atoms with van der Waals surface area (Å²) in [6.45, 7) is 16.6. The Hall–Kier alpha value is -1.78. The first kappa shape index (κ1) is 32.4. The minimum Gasteiger partial charge on any atom is -0.464 e. The Morgan fingerprint density at radius 3 is 2.13 bits per heavy atom. The molecule has 0 spiro atoms. The molecule has 1 aliphatic heterocycles. The molecule has 0 N–H and O–H groups in total. The molecule has 1 aliphatic rings. The summed E-state index contributed by atoms with van der Waals surface area (Å²) < 4.78 is 47.9. The highest BCUT2D eigenvalue weighted by atomic mass is 32.2. The van der Waals surface area contributed by atoms with Gasteiger partial charge in [0.2, 0.25) is 0 Å². The van der Waals surface area contributed by atoms with E-state index in [1.54, 1.807) is 29.8 Å². The van der Waals surface area contributed by atoms with E-state index in [4.69, 9.17) is 18.4 Å². The largest absolute Gasteiger partial charge is 0.464 e. The van der Waals surface area contributed by atoms with Crippen molar-refractivity contribution in [2.75, 3.05) is 39.4 Å². The molecule has 1 atom stereocenters. The zero-order valence-electron chi connectivity index (χ0n) is 24.0. The van der Waals surface area contributed by atoms with E-state index in [0.29, 0.717) is 18.8 Å². The summed E-state index contributed by atoms with van der Waals surface area (Å²) in [4.78, 5) is 28.1. The molecule has 0 fully saturated rings. The van der Waals surface area contributed by atoms with Crippen LogP contribution in [0.1, 0.15) is 23.0 Å². The van der Waals surface area contributed by atoms with Crippen molar-refractivity contribution in [3.8, 4) is 0 Å². The second-order valence-corrected chi connectivity index (χ2v) is 24.7. The lowest BCUT2D eigenvalue weighted by atomic mass is 10.0. The van der Waals surface area contributed by atoms with Gasteiger partial charge in [-0.1, -0.05) is 45.4 Å². The third-order valence-electron chi connectivity index (χ3n) is 5.82. The van der Waals surface area contributed by atoms with Crippen molar-refractivity contribution >= 4 is 43.7 Å². The topological polar surface area (TPSA) is 113 Å². The summed E-state index contributed by atoms with van der Waals surface area (Å²) in [7, 11) is -6.63.